The van der Waals surface area contributed by atoms with E-state index >= 15 is 0 Å². The number of hydrogen-bond donors (Lipinski definition) is 0. The number of nitriles is 1. The standard InChI is InChI=1S/C11H9ClN4/c12-8-2-3-9-14-10(15-16(9)6-8)11(7-13)4-1-5-11/h2-3,6H,1,4-5H2. The summed E-state index contributed by atoms with van der Waals surface area (Å²) < 4.78 is 1.63. The average Bonchev–Trinajstić information content (AvgIpc) is 2.60. The van der Waals surface area contributed by atoms with E-state index in [1.54, 1.807) is 16.8 Å². The Balaban J connectivity index is 2.16. The highest BCUT2D eigenvalue weighted by molar-refractivity contribution is 6.30. The summed E-state index contributed by atoms with van der Waals surface area (Å²) in [6.07, 6.45) is 4.49. The molecule has 0 saturated heterocycles. The van der Waals surface area contributed by atoms with Crippen molar-refractivity contribution >= 4 is 17.2 Å². The maximum absolute atomic E-state index is 9.20. The Morgan fingerprint density at radius 2 is 2.25 bits per heavy atom. The van der Waals surface area contributed by atoms with Gasteiger partial charge in [0.05, 0.1) is 11.1 Å². The zero-order valence-corrected chi connectivity index (χ0v) is 9.28. The number of hydrogen-bond acceptors (Lipinski definition) is 3. The molecule has 0 spiro atoms. The third-order valence-electron chi connectivity index (χ3n) is 3.14. The fraction of sp³-hybridized carbons (Fsp3) is 0.364. The van der Waals surface area contributed by atoms with Crippen molar-refractivity contribution in [3.63, 3.8) is 0 Å². The van der Waals surface area contributed by atoms with Gasteiger partial charge in [-0.05, 0) is 31.4 Å². The zero-order chi connectivity index (χ0) is 11.2. The zero-order valence-electron chi connectivity index (χ0n) is 8.52. The van der Waals surface area contributed by atoms with Gasteiger partial charge in [0.1, 0.15) is 5.41 Å². The Bertz CT molecular complexity index is 592. The van der Waals surface area contributed by atoms with E-state index in [9.17, 15) is 5.26 Å². The van der Waals surface area contributed by atoms with Crippen LogP contribution in [-0.2, 0) is 5.41 Å². The Hall–Kier alpha value is -1.60. The summed E-state index contributed by atoms with van der Waals surface area (Å²) in [6, 6.07) is 5.92. The van der Waals surface area contributed by atoms with E-state index in [2.05, 4.69) is 16.2 Å². The van der Waals surface area contributed by atoms with Gasteiger partial charge in [0, 0.05) is 6.20 Å². The van der Waals surface area contributed by atoms with Gasteiger partial charge < -0.3 is 0 Å². The van der Waals surface area contributed by atoms with Gasteiger partial charge in [0.15, 0.2) is 11.5 Å². The molecule has 5 heteroatoms. The summed E-state index contributed by atoms with van der Waals surface area (Å²) >= 11 is 5.87. The smallest absolute Gasteiger partial charge is 0.171 e. The van der Waals surface area contributed by atoms with Gasteiger partial charge in [-0.25, -0.2) is 9.50 Å². The number of rotatable bonds is 1. The molecule has 0 atom stereocenters. The maximum atomic E-state index is 9.20. The minimum absolute atomic E-state index is 0.460. The first-order chi connectivity index (χ1) is 7.73. The highest BCUT2D eigenvalue weighted by atomic mass is 35.5. The van der Waals surface area contributed by atoms with Crippen LogP contribution in [0.5, 0.6) is 0 Å². The van der Waals surface area contributed by atoms with Crippen LogP contribution >= 0.6 is 11.6 Å². The number of pyridine rings is 1. The summed E-state index contributed by atoms with van der Waals surface area (Å²) in [6.45, 7) is 0. The van der Waals surface area contributed by atoms with Crippen molar-refractivity contribution in [1.82, 2.24) is 14.6 Å². The SMILES string of the molecule is N#CC1(c2nc3ccc(Cl)cn3n2)CCC1. The predicted molar refractivity (Wildman–Crippen MR) is 59.1 cm³/mol. The molecular weight excluding hydrogens is 224 g/mol. The number of fused-ring (bicyclic) bond motifs is 1. The molecule has 0 radical (unpaired) electrons. The molecule has 1 fully saturated rings. The average molecular weight is 233 g/mol. The molecule has 2 aromatic rings. The topological polar surface area (TPSA) is 54.0 Å². The van der Waals surface area contributed by atoms with Crippen LogP contribution in [0.15, 0.2) is 18.3 Å². The van der Waals surface area contributed by atoms with Gasteiger partial charge in [-0.2, -0.15) is 5.26 Å². The molecular formula is C11H9ClN4. The van der Waals surface area contributed by atoms with Crippen LogP contribution in [0, 0.1) is 11.3 Å². The number of nitrogens with zero attached hydrogens (tertiary/aromatic N) is 4. The summed E-state index contributed by atoms with van der Waals surface area (Å²) in [5.74, 6) is 0.628. The van der Waals surface area contributed by atoms with E-state index in [4.69, 9.17) is 11.6 Å². The van der Waals surface area contributed by atoms with Crippen LogP contribution in [0.4, 0.5) is 0 Å². The first-order valence-corrected chi connectivity index (χ1v) is 5.55. The van der Waals surface area contributed by atoms with E-state index in [0.717, 1.165) is 24.9 Å². The van der Waals surface area contributed by atoms with E-state index < -0.39 is 5.41 Å². The quantitative estimate of drug-likeness (QED) is 0.758. The van der Waals surface area contributed by atoms with Gasteiger partial charge in [-0.3, -0.25) is 0 Å². The summed E-state index contributed by atoms with van der Waals surface area (Å²) in [7, 11) is 0. The summed E-state index contributed by atoms with van der Waals surface area (Å²) in [5, 5.41) is 14.2. The lowest BCUT2D eigenvalue weighted by Gasteiger charge is -2.31. The fourth-order valence-corrected chi connectivity index (χ4v) is 2.13. The van der Waals surface area contributed by atoms with Crippen LogP contribution in [0.25, 0.3) is 5.65 Å². The minimum Gasteiger partial charge on any atom is -0.219 e. The molecule has 0 unspecified atom stereocenters. The van der Waals surface area contributed by atoms with Crippen LogP contribution < -0.4 is 0 Å². The highest BCUT2D eigenvalue weighted by Gasteiger charge is 2.42. The monoisotopic (exact) mass is 232 g/mol. The third kappa shape index (κ3) is 1.22. The lowest BCUT2D eigenvalue weighted by molar-refractivity contribution is 0.307. The van der Waals surface area contributed by atoms with Crippen molar-refractivity contribution in [3.8, 4) is 6.07 Å². The van der Waals surface area contributed by atoms with Gasteiger partial charge in [-0.15, -0.1) is 5.10 Å². The summed E-state index contributed by atoms with van der Waals surface area (Å²) in [4.78, 5) is 4.39. The Labute approximate surface area is 97.5 Å². The Morgan fingerprint density at radius 3 is 2.88 bits per heavy atom. The molecule has 2 heterocycles. The van der Waals surface area contributed by atoms with Crippen molar-refractivity contribution in [2.24, 2.45) is 0 Å². The number of aromatic nitrogens is 3. The molecule has 0 bridgehead atoms. The normalized spacial score (nSPS) is 18.0. The maximum Gasteiger partial charge on any atom is 0.171 e. The first kappa shape index (κ1) is 9.61. The van der Waals surface area contributed by atoms with Crippen molar-refractivity contribution in [2.75, 3.05) is 0 Å². The van der Waals surface area contributed by atoms with Crippen molar-refractivity contribution in [3.05, 3.63) is 29.2 Å². The van der Waals surface area contributed by atoms with Crippen LogP contribution in [-0.4, -0.2) is 14.6 Å². The van der Waals surface area contributed by atoms with Gasteiger partial charge in [0.25, 0.3) is 0 Å². The predicted octanol–water partition coefficient (Wildman–Crippen LogP) is 2.33. The second-order valence-corrected chi connectivity index (χ2v) is 4.57. The van der Waals surface area contributed by atoms with Crippen LogP contribution in [0.1, 0.15) is 25.1 Å². The van der Waals surface area contributed by atoms with E-state index in [-0.39, 0.29) is 0 Å². The molecule has 80 valence electrons. The fourth-order valence-electron chi connectivity index (χ4n) is 1.98. The second-order valence-electron chi connectivity index (χ2n) is 4.13. The van der Waals surface area contributed by atoms with Gasteiger partial charge in [-0.1, -0.05) is 11.6 Å². The highest BCUT2D eigenvalue weighted by Crippen LogP contribution is 2.41. The largest absolute Gasteiger partial charge is 0.219 e. The molecule has 1 saturated carbocycles. The molecule has 16 heavy (non-hydrogen) atoms. The molecule has 0 aromatic carbocycles. The second kappa shape index (κ2) is 3.19. The lowest BCUT2D eigenvalue weighted by atomic mass is 9.69. The molecule has 1 aliphatic carbocycles. The minimum atomic E-state index is -0.460. The lowest BCUT2D eigenvalue weighted by Crippen LogP contribution is -2.33. The third-order valence-corrected chi connectivity index (χ3v) is 3.37. The molecule has 0 aliphatic heterocycles. The number of halogens is 1. The Morgan fingerprint density at radius 1 is 1.44 bits per heavy atom. The van der Waals surface area contributed by atoms with Crippen LogP contribution in [0.2, 0.25) is 5.02 Å². The molecule has 1 aliphatic rings. The van der Waals surface area contributed by atoms with Gasteiger partial charge >= 0.3 is 0 Å². The van der Waals surface area contributed by atoms with Crippen molar-refractivity contribution in [2.45, 2.75) is 24.7 Å². The summed E-state index contributed by atoms with van der Waals surface area (Å²) in [5.41, 5.74) is 0.277. The molecule has 2 aromatic heterocycles. The first-order valence-electron chi connectivity index (χ1n) is 5.17. The molecule has 4 nitrogen and oxygen atoms in total. The van der Waals surface area contributed by atoms with Gasteiger partial charge in [0.2, 0.25) is 0 Å². The Kier molecular flexibility index (Phi) is 1.92. The van der Waals surface area contributed by atoms with E-state index in [1.165, 1.54) is 0 Å². The van der Waals surface area contributed by atoms with E-state index in [1.807, 2.05) is 6.07 Å². The van der Waals surface area contributed by atoms with Crippen molar-refractivity contribution in [1.29, 1.82) is 5.26 Å². The van der Waals surface area contributed by atoms with Crippen LogP contribution in [0.3, 0.4) is 0 Å². The molecule has 0 amide bonds. The van der Waals surface area contributed by atoms with E-state index in [0.29, 0.717) is 10.8 Å². The van der Waals surface area contributed by atoms with Crippen molar-refractivity contribution < 1.29 is 0 Å². The molecule has 3 rings (SSSR count). The molecule has 0 N–H and O–H groups in total.